The van der Waals surface area contributed by atoms with Gasteiger partial charge in [-0.05, 0) is 48.6 Å². The highest BCUT2D eigenvalue weighted by atomic mass is 32.1. The van der Waals surface area contributed by atoms with Crippen LogP contribution in [0.25, 0.3) is 5.69 Å². The van der Waals surface area contributed by atoms with Crippen LogP contribution in [-0.2, 0) is 11.2 Å². The maximum Gasteiger partial charge on any atom is 0.308 e. The van der Waals surface area contributed by atoms with Gasteiger partial charge in [0, 0.05) is 11.8 Å². The van der Waals surface area contributed by atoms with Crippen LogP contribution in [0.5, 0.6) is 11.5 Å². The van der Waals surface area contributed by atoms with Crippen molar-refractivity contribution in [3.8, 4) is 17.2 Å². The summed E-state index contributed by atoms with van der Waals surface area (Å²) >= 11 is 5.16. The molecule has 2 aromatic carbocycles. The third-order valence-corrected chi connectivity index (χ3v) is 3.77. The molecule has 25 heavy (non-hydrogen) atoms. The number of aromatic nitrogens is 2. The number of H-pyrrole nitrogens is 1. The molecule has 0 amide bonds. The van der Waals surface area contributed by atoms with Gasteiger partial charge in [0.1, 0.15) is 11.5 Å². The van der Waals surface area contributed by atoms with Gasteiger partial charge >= 0.3 is 5.97 Å². The monoisotopic (exact) mass is 354 g/mol. The molecule has 0 atom stereocenters. The van der Waals surface area contributed by atoms with Crippen LogP contribution in [0.2, 0.25) is 0 Å². The van der Waals surface area contributed by atoms with E-state index < -0.39 is 11.5 Å². The first-order valence-electron chi connectivity index (χ1n) is 7.43. The van der Waals surface area contributed by atoms with Crippen LogP contribution in [0.1, 0.15) is 5.56 Å². The molecule has 0 aliphatic carbocycles. The van der Waals surface area contributed by atoms with Crippen molar-refractivity contribution in [3.63, 3.8) is 0 Å². The fourth-order valence-corrected chi connectivity index (χ4v) is 2.57. The van der Waals surface area contributed by atoms with E-state index in [4.69, 9.17) is 22.1 Å². The number of aromatic amines is 1. The van der Waals surface area contributed by atoms with E-state index in [9.17, 15) is 9.59 Å². The van der Waals surface area contributed by atoms with Crippen LogP contribution in [0, 0.1) is 4.77 Å². The normalized spacial score (nSPS) is 10.4. The number of hydrogen-bond donors (Lipinski definition) is 2. The summed E-state index contributed by atoms with van der Waals surface area (Å²) in [5.74, 6) is 0.230. The van der Waals surface area contributed by atoms with Gasteiger partial charge in [-0.25, -0.2) is 0 Å². The van der Waals surface area contributed by atoms with Gasteiger partial charge in [0.05, 0.1) is 12.1 Å². The molecule has 0 saturated heterocycles. The van der Waals surface area contributed by atoms with Crippen molar-refractivity contribution in [1.29, 1.82) is 0 Å². The van der Waals surface area contributed by atoms with E-state index in [2.05, 4.69) is 4.98 Å². The second kappa shape index (κ2) is 7.14. The lowest BCUT2D eigenvalue weighted by Crippen LogP contribution is -2.25. The Kier molecular flexibility index (Phi) is 4.76. The van der Waals surface area contributed by atoms with Gasteiger partial charge in [0.15, 0.2) is 4.77 Å². The molecule has 3 aromatic rings. The van der Waals surface area contributed by atoms with Gasteiger partial charge in [-0.2, -0.15) is 0 Å². The molecule has 0 fully saturated rings. The number of benzene rings is 2. The molecule has 1 heterocycles. The van der Waals surface area contributed by atoms with Crippen molar-refractivity contribution < 1.29 is 14.6 Å². The van der Waals surface area contributed by atoms with E-state index in [1.165, 1.54) is 10.8 Å². The minimum atomic E-state index is -1.08. The first-order chi connectivity index (χ1) is 12.0. The van der Waals surface area contributed by atoms with Crippen molar-refractivity contribution in [2.45, 2.75) is 6.42 Å². The third kappa shape index (κ3) is 3.84. The largest absolute Gasteiger partial charge is 0.481 e. The zero-order valence-electron chi connectivity index (χ0n) is 13.0. The molecule has 0 spiro atoms. The number of para-hydroxylation sites is 1. The number of carboxylic acids is 1. The van der Waals surface area contributed by atoms with Crippen LogP contribution >= 0.6 is 12.2 Å². The number of carbonyl (C=O) groups is 1. The summed E-state index contributed by atoms with van der Waals surface area (Å²) < 4.78 is 7.16. The molecule has 3 rings (SSSR count). The molecule has 0 aliphatic rings. The van der Waals surface area contributed by atoms with Gasteiger partial charge in [-0.15, -0.1) is 0 Å². The van der Waals surface area contributed by atoms with Crippen molar-refractivity contribution in [2.75, 3.05) is 0 Å². The lowest BCUT2D eigenvalue weighted by molar-refractivity contribution is -0.136. The number of rotatable bonds is 5. The Morgan fingerprint density at radius 3 is 2.36 bits per heavy atom. The van der Waals surface area contributed by atoms with Gasteiger partial charge < -0.3 is 14.8 Å². The highest BCUT2D eigenvalue weighted by molar-refractivity contribution is 7.71. The van der Waals surface area contributed by atoms with Crippen molar-refractivity contribution in [1.82, 2.24) is 9.55 Å². The smallest absolute Gasteiger partial charge is 0.308 e. The van der Waals surface area contributed by atoms with E-state index >= 15 is 0 Å². The van der Waals surface area contributed by atoms with Crippen LogP contribution in [0.3, 0.4) is 0 Å². The Balaban J connectivity index is 1.93. The standard InChI is InChI=1S/C18H14N2O4S/c21-16(22)10-12-11-19-18(25)20(17(12)23)13-6-8-15(9-7-13)24-14-4-2-1-3-5-14/h1-9,11H,10H2,(H,19,25)(H,21,22). The molecular formula is C18H14N2O4S. The van der Waals surface area contributed by atoms with E-state index in [1.54, 1.807) is 24.3 Å². The van der Waals surface area contributed by atoms with E-state index in [0.29, 0.717) is 17.2 Å². The zero-order chi connectivity index (χ0) is 17.8. The number of hydrogen-bond acceptors (Lipinski definition) is 4. The van der Waals surface area contributed by atoms with E-state index in [-0.39, 0.29) is 16.8 Å². The molecular weight excluding hydrogens is 340 g/mol. The average Bonchev–Trinajstić information content (AvgIpc) is 2.60. The molecule has 0 radical (unpaired) electrons. The minimum Gasteiger partial charge on any atom is -0.481 e. The van der Waals surface area contributed by atoms with Gasteiger partial charge in [0.25, 0.3) is 5.56 Å². The Morgan fingerprint density at radius 2 is 1.72 bits per heavy atom. The molecule has 0 aliphatic heterocycles. The number of carboxylic acid groups (broad SMARTS) is 1. The van der Waals surface area contributed by atoms with Crippen molar-refractivity contribution in [2.24, 2.45) is 0 Å². The quantitative estimate of drug-likeness (QED) is 0.687. The summed E-state index contributed by atoms with van der Waals surface area (Å²) in [7, 11) is 0. The van der Waals surface area contributed by atoms with E-state index in [0.717, 1.165) is 0 Å². The molecule has 7 heteroatoms. The Hall–Kier alpha value is -3.19. The van der Waals surface area contributed by atoms with Crippen LogP contribution in [-0.4, -0.2) is 20.6 Å². The third-order valence-electron chi connectivity index (χ3n) is 3.47. The predicted octanol–water partition coefficient (Wildman–Crippen LogP) is 3.31. The van der Waals surface area contributed by atoms with Crippen LogP contribution < -0.4 is 10.3 Å². The molecule has 0 saturated carbocycles. The molecule has 6 nitrogen and oxygen atoms in total. The Morgan fingerprint density at radius 1 is 1.08 bits per heavy atom. The molecule has 0 bridgehead atoms. The number of nitrogens with zero attached hydrogens (tertiary/aromatic N) is 1. The highest BCUT2D eigenvalue weighted by Crippen LogP contribution is 2.22. The molecule has 2 N–H and O–H groups in total. The maximum absolute atomic E-state index is 12.5. The van der Waals surface area contributed by atoms with Crippen molar-refractivity contribution in [3.05, 3.63) is 81.5 Å². The molecule has 0 unspecified atom stereocenters. The van der Waals surface area contributed by atoms with E-state index in [1.807, 2.05) is 30.3 Å². The summed E-state index contributed by atoms with van der Waals surface area (Å²) in [5, 5.41) is 8.89. The van der Waals surface area contributed by atoms with Gasteiger partial charge in [-0.3, -0.25) is 14.2 Å². The first-order valence-corrected chi connectivity index (χ1v) is 7.84. The summed E-state index contributed by atoms with van der Waals surface area (Å²) in [5.41, 5.74) is 0.201. The number of nitrogens with one attached hydrogen (secondary N) is 1. The molecule has 126 valence electrons. The summed E-state index contributed by atoms with van der Waals surface area (Å²) in [6.45, 7) is 0. The van der Waals surface area contributed by atoms with Crippen LogP contribution in [0.4, 0.5) is 0 Å². The average molecular weight is 354 g/mol. The fourth-order valence-electron chi connectivity index (χ4n) is 2.32. The summed E-state index contributed by atoms with van der Waals surface area (Å²) in [6.07, 6.45) is 0.961. The fraction of sp³-hybridized carbons (Fsp3) is 0.0556. The lowest BCUT2D eigenvalue weighted by atomic mass is 10.2. The molecule has 1 aromatic heterocycles. The highest BCUT2D eigenvalue weighted by Gasteiger charge is 2.11. The number of aliphatic carboxylic acids is 1. The predicted molar refractivity (Wildman–Crippen MR) is 95.1 cm³/mol. The SMILES string of the molecule is O=C(O)Cc1c[nH]c(=S)n(-c2ccc(Oc3ccccc3)cc2)c1=O. The minimum absolute atomic E-state index is 0.130. The second-order valence-electron chi connectivity index (χ2n) is 5.24. The first kappa shape index (κ1) is 16.7. The number of ether oxygens (including phenoxy) is 1. The van der Waals surface area contributed by atoms with Gasteiger partial charge in [-0.1, -0.05) is 18.2 Å². The maximum atomic E-state index is 12.5. The van der Waals surface area contributed by atoms with Crippen molar-refractivity contribution >= 4 is 18.2 Å². The topological polar surface area (TPSA) is 84.3 Å². The lowest BCUT2D eigenvalue weighted by Gasteiger charge is -2.10. The van der Waals surface area contributed by atoms with Gasteiger partial charge in [0.2, 0.25) is 0 Å². The Labute approximate surface area is 148 Å². The zero-order valence-corrected chi connectivity index (χ0v) is 13.8. The Bertz CT molecular complexity index is 1010. The second-order valence-corrected chi connectivity index (χ2v) is 5.63. The summed E-state index contributed by atoms with van der Waals surface area (Å²) in [4.78, 5) is 26.1. The van der Waals surface area contributed by atoms with Crippen LogP contribution in [0.15, 0.2) is 65.6 Å². The summed E-state index contributed by atoms with van der Waals surface area (Å²) in [6, 6.07) is 16.1.